The molecule has 1 aromatic heterocycles. The summed E-state index contributed by atoms with van der Waals surface area (Å²) >= 11 is 0. The highest BCUT2D eigenvalue weighted by atomic mass is 19.1. The monoisotopic (exact) mass is 421 g/mol. The van der Waals surface area contributed by atoms with E-state index in [1.54, 1.807) is 22.8 Å². The third-order valence-corrected chi connectivity index (χ3v) is 5.63. The van der Waals surface area contributed by atoms with Crippen LogP contribution < -0.4 is 20.1 Å². The van der Waals surface area contributed by atoms with Crippen LogP contribution in [0.3, 0.4) is 0 Å². The molecule has 0 radical (unpaired) electrons. The van der Waals surface area contributed by atoms with Crippen LogP contribution in [-0.2, 0) is 13.2 Å². The minimum absolute atomic E-state index is 0.112. The lowest BCUT2D eigenvalue weighted by Crippen LogP contribution is -2.39. The number of aromatic nitrogens is 2. The van der Waals surface area contributed by atoms with Gasteiger partial charge in [-0.2, -0.15) is 4.98 Å². The SMILES string of the molecule is Cc1cccc(Oc2ccc(COc3cc4n(c(=O)n3)CCCN4C3CC3)cc2F)c1. The Morgan fingerprint density at radius 3 is 2.77 bits per heavy atom. The normalized spacial score (nSPS) is 15.5. The molecular weight excluding hydrogens is 397 g/mol. The molecule has 1 aliphatic carbocycles. The summed E-state index contributed by atoms with van der Waals surface area (Å²) in [7, 11) is 0. The summed E-state index contributed by atoms with van der Waals surface area (Å²) in [6.45, 7) is 3.69. The number of halogens is 1. The number of benzene rings is 2. The molecule has 0 bridgehead atoms. The first-order valence-electron chi connectivity index (χ1n) is 10.6. The van der Waals surface area contributed by atoms with Gasteiger partial charge in [0.2, 0.25) is 5.88 Å². The molecule has 0 atom stereocenters. The van der Waals surface area contributed by atoms with Gasteiger partial charge in [-0.15, -0.1) is 0 Å². The van der Waals surface area contributed by atoms with Gasteiger partial charge in [-0.25, -0.2) is 9.18 Å². The molecule has 2 aromatic carbocycles. The number of hydrogen-bond acceptors (Lipinski definition) is 5. The number of anilines is 1. The van der Waals surface area contributed by atoms with Crippen LogP contribution in [0.5, 0.6) is 17.4 Å². The molecule has 0 N–H and O–H groups in total. The van der Waals surface area contributed by atoms with E-state index in [0.717, 1.165) is 37.2 Å². The van der Waals surface area contributed by atoms with Crippen LogP contribution in [0.4, 0.5) is 10.2 Å². The second-order valence-electron chi connectivity index (χ2n) is 8.14. The summed E-state index contributed by atoms with van der Waals surface area (Å²) in [5.74, 6) is 1.41. The molecule has 0 saturated heterocycles. The predicted molar refractivity (Wildman–Crippen MR) is 115 cm³/mol. The van der Waals surface area contributed by atoms with Crippen molar-refractivity contribution in [2.45, 2.75) is 45.4 Å². The zero-order valence-electron chi connectivity index (χ0n) is 17.4. The number of rotatable bonds is 6. The van der Waals surface area contributed by atoms with Crippen molar-refractivity contribution in [3.05, 3.63) is 76.0 Å². The molecule has 3 aromatic rings. The minimum Gasteiger partial charge on any atom is -0.473 e. The van der Waals surface area contributed by atoms with Gasteiger partial charge in [0.15, 0.2) is 11.6 Å². The summed E-state index contributed by atoms with van der Waals surface area (Å²) in [4.78, 5) is 18.8. The van der Waals surface area contributed by atoms with Crippen LogP contribution >= 0.6 is 0 Å². The molecule has 160 valence electrons. The van der Waals surface area contributed by atoms with Crippen molar-refractivity contribution >= 4 is 5.82 Å². The van der Waals surface area contributed by atoms with E-state index in [1.165, 1.54) is 6.07 Å². The zero-order chi connectivity index (χ0) is 21.4. The van der Waals surface area contributed by atoms with Gasteiger partial charge in [0, 0.05) is 25.2 Å². The van der Waals surface area contributed by atoms with E-state index in [-0.39, 0.29) is 23.9 Å². The average molecular weight is 421 g/mol. The Morgan fingerprint density at radius 1 is 1.13 bits per heavy atom. The van der Waals surface area contributed by atoms with Gasteiger partial charge in [-0.05, 0) is 61.6 Å². The average Bonchev–Trinajstić information content (AvgIpc) is 3.59. The topological polar surface area (TPSA) is 56.6 Å². The van der Waals surface area contributed by atoms with Crippen molar-refractivity contribution in [3.8, 4) is 17.4 Å². The van der Waals surface area contributed by atoms with Crippen LogP contribution in [0.15, 0.2) is 53.3 Å². The molecule has 5 rings (SSSR count). The second kappa shape index (κ2) is 8.06. The van der Waals surface area contributed by atoms with Crippen molar-refractivity contribution in [1.29, 1.82) is 0 Å². The molecular formula is C24H24FN3O3. The maximum absolute atomic E-state index is 14.5. The molecule has 2 aliphatic rings. The maximum atomic E-state index is 14.5. The Balaban J connectivity index is 1.30. The molecule has 0 spiro atoms. The van der Waals surface area contributed by atoms with Crippen molar-refractivity contribution in [1.82, 2.24) is 9.55 Å². The highest BCUT2D eigenvalue weighted by Crippen LogP contribution is 2.34. The third-order valence-electron chi connectivity index (χ3n) is 5.63. The van der Waals surface area contributed by atoms with E-state index < -0.39 is 5.82 Å². The number of hydrogen-bond donors (Lipinski definition) is 0. The number of aryl methyl sites for hydroxylation is 1. The Morgan fingerprint density at radius 2 is 2.00 bits per heavy atom. The Bertz CT molecular complexity index is 1170. The Kier molecular flexibility index (Phi) is 5.10. The summed E-state index contributed by atoms with van der Waals surface area (Å²) in [5, 5.41) is 0. The minimum atomic E-state index is -0.471. The molecule has 0 unspecified atom stereocenters. The molecule has 0 amide bonds. The van der Waals surface area contributed by atoms with Gasteiger partial charge in [-0.3, -0.25) is 4.57 Å². The first-order valence-corrected chi connectivity index (χ1v) is 10.6. The van der Waals surface area contributed by atoms with Gasteiger partial charge >= 0.3 is 5.69 Å². The fourth-order valence-corrected chi connectivity index (χ4v) is 3.94. The second-order valence-corrected chi connectivity index (χ2v) is 8.14. The predicted octanol–water partition coefficient (Wildman–Crippen LogP) is 4.43. The van der Waals surface area contributed by atoms with E-state index in [0.29, 0.717) is 23.9 Å². The quantitative estimate of drug-likeness (QED) is 0.589. The molecule has 6 nitrogen and oxygen atoms in total. The fourth-order valence-electron chi connectivity index (χ4n) is 3.94. The van der Waals surface area contributed by atoms with Crippen molar-refractivity contribution in [2.75, 3.05) is 11.4 Å². The van der Waals surface area contributed by atoms with E-state index in [4.69, 9.17) is 9.47 Å². The highest BCUT2D eigenvalue weighted by molar-refractivity contribution is 5.46. The van der Waals surface area contributed by atoms with E-state index in [2.05, 4.69) is 9.88 Å². The van der Waals surface area contributed by atoms with E-state index in [9.17, 15) is 9.18 Å². The van der Waals surface area contributed by atoms with Crippen molar-refractivity contribution in [2.24, 2.45) is 0 Å². The molecule has 1 aliphatic heterocycles. The zero-order valence-corrected chi connectivity index (χ0v) is 17.4. The first kappa shape index (κ1) is 19.6. The molecule has 7 heteroatoms. The van der Waals surface area contributed by atoms with Gasteiger partial charge < -0.3 is 14.4 Å². The first-order chi connectivity index (χ1) is 15.1. The largest absolute Gasteiger partial charge is 0.473 e. The van der Waals surface area contributed by atoms with Crippen molar-refractivity contribution < 1.29 is 13.9 Å². The van der Waals surface area contributed by atoms with Crippen molar-refractivity contribution in [3.63, 3.8) is 0 Å². The summed E-state index contributed by atoms with van der Waals surface area (Å²) < 4.78 is 27.7. The van der Waals surface area contributed by atoms with E-state index >= 15 is 0 Å². The maximum Gasteiger partial charge on any atom is 0.352 e. The Hall–Kier alpha value is -3.35. The Labute approximate surface area is 179 Å². The number of ether oxygens (including phenoxy) is 2. The number of fused-ring (bicyclic) bond motifs is 1. The van der Waals surface area contributed by atoms with Crippen LogP contribution in [0, 0.1) is 12.7 Å². The number of nitrogens with zero attached hydrogens (tertiary/aromatic N) is 3. The molecule has 2 heterocycles. The molecule has 1 fully saturated rings. The lowest BCUT2D eigenvalue weighted by molar-refractivity contribution is 0.289. The standard InChI is InChI=1S/C24H24FN3O3/c1-16-4-2-5-19(12-16)31-21-9-6-17(13-20(21)25)15-30-22-14-23-27(18-7-8-18)10-3-11-28(23)24(29)26-22/h2,4-6,9,12-14,18H,3,7-8,10-11,15H2,1H3. The van der Waals surface area contributed by atoms with Crippen LogP contribution in [0.1, 0.15) is 30.4 Å². The van der Waals surface area contributed by atoms with E-state index in [1.807, 2.05) is 31.2 Å². The lowest BCUT2D eigenvalue weighted by atomic mass is 10.2. The van der Waals surface area contributed by atoms with Crippen LogP contribution in [0.2, 0.25) is 0 Å². The molecule has 1 saturated carbocycles. The van der Waals surface area contributed by atoms with Gasteiger partial charge in [0.05, 0.1) is 0 Å². The van der Waals surface area contributed by atoms with Crippen LogP contribution in [-0.4, -0.2) is 22.1 Å². The van der Waals surface area contributed by atoms with Crippen LogP contribution in [0.25, 0.3) is 0 Å². The smallest absolute Gasteiger partial charge is 0.352 e. The summed E-state index contributed by atoms with van der Waals surface area (Å²) in [5.41, 5.74) is 1.37. The van der Waals surface area contributed by atoms with Gasteiger partial charge in [0.1, 0.15) is 18.2 Å². The highest BCUT2D eigenvalue weighted by Gasteiger charge is 2.33. The fraction of sp³-hybridized carbons (Fsp3) is 0.333. The molecule has 31 heavy (non-hydrogen) atoms. The summed E-state index contributed by atoms with van der Waals surface area (Å²) in [6.07, 6.45) is 3.26. The van der Waals surface area contributed by atoms with Gasteiger partial charge in [-0.1, -0.05) is 18.2 Å². The summed E-state index contributed by atoms with van der Waals surface area (Å²) in [6, 6.07) is 14.5. The van der Waals surface area contributed by atoms with Gasteiger partial charge in [0.25, 0.3) is 0 Å². The lowest BCUT2D eigenvalue weighted by Gasteiger charge is -2.31. The third kappa shape index (κ3) is 4.26.